The van der Waals surface area contributed by atoms with Crippen molar-refractivity contribution >= 4 is 22.8 Å². The van der Waals surface area contributed by atoms with E-state index in [-0.39, 0.29) is 17.4 Å². The predicted octanol–water partition coefficient (Wildman–Crippen LogP) is 2.95. The van der Waals surface area contributed by atoms with Crippen LogP contribution in [0.25, 0.3) is 22.2 Å². The van der Waals surface area contributed by atoms with Crippen LogP contribution < -0.4 is 5.32 Å². The molecule has 25 heavy (non-hydrogen) atoms. The van der Waals surface area contributed by atoms with Crippen molar-refractivity contribution in [3.8, 4) is 11.3 Å². The van der Waals surface area contributed by atoms with Gasteiger partial charge in [-0.3, -0.25) is 9.89 Å². The lowest BCUT2D eigenvalue weighted by Crippen LogP contribution is -2.24. The van der Waals surface area contributed by atoms with Crippen molar-refractivity contribution < 1.29 is 14.7 Å². The minimum atomic E-state index is -0.967. The number of carbonyl (C=O) groups is 2. The van der Waals surface area contributed by atoms with Gasteiger partial charge in [0.1, 0.15) is 0 Å². The molecular weight excluding hydrogens is 318 g/mol. The minimum absolute atomic E-state index is 0.113. The topological polar surface area (TPSA) is 95.1 Å². The van der Waals surface area contributed by atoms with E-state index in [0.29, 0.717) is 12.2 Å². The van der Waals surface area contributed by atoms with E-state index in [4.69, 9.17) is 0 Å². The molecule has 3 aromatic rings. The first-order valence-corrected chi connectivity index (χ1v) is 8.20. The van der Waals surface area contributed by atoms with Crippen molar-refractivity contribution in [2.75, 3.05) is 0 Å². The lowest BCUT2D eigenvalue weighted by Gasteiger charge is -2.06. The van der Waals surface area contributed by atoms with E-state index in [1.54, 1.807) is 18.2 Å². The summed E-state index contributed by atoms with van der Waals surface area (Å²) >= 11 is 0. The average molecular weight is 335 g/mol. The van der Waals surface area contributed by atoms with Gasteiger partial charge in [0, 0.05) is 23.4 Å². The summed E-state index contributed by atoms with van der Waals surface area (Å²) in [6.45, 7) is 0.478. The second kappa shape index (κ2) is 6.05. The molecular formula is C19H17N3O3. The molecule has 0 saturated heterocycles. The first-order chi connectivity index (χ1) is 12.1. The summed E-state index contributed by atoms with van der Waals surface area (Å²) in [5.41, 5.74) is 3.58. The lowest BCUT2D eigenvalue weighted by molar-refractivity contribution is -0.122. The molecule has 2 aromatic carbocycles. The maximum atomic E-state index is 11.8. The first kappa shape index (κ1) is 15.4. The molecule has 0 unspecified atom stereocenters. The van der Waals surface area contributed by atoms with E-state index < -0.39 is 5.97 Å². The third kappa shape index (κ3) is 3.10. The maximum absolute atomic E-state index is 11.8. The summed E-state index contributed by atoms with van der Waals surface area (Å²) in [6.07, 6.45) is 1.97. The van der Waals surface area contributed by atoms with Gasteiger partial charge in [0.2, 0.25) is 5.91 Å². The fourth-order valence-corrected chi connectivity index (χ4v) is 2.87. The van der Waals surface area contributed by atoms with Crippen LogP contribution in [0.2, 0.25) is 0 Å². The highest BCUT2D eigenvalue weighted by atomic mass is 16.4. The summed E-state index contributed by atoms with van der Waals surface area (Å²) in [5.74, 6) is -0.666. The molecule has 0 radical (unpaired) electrons. The van der Waals surface area contributed by atoms with E-state index >= 15 is 0 Å². The number of H-pyrrole nitrogens is 1. The van der Waals surface area contributed by atoms with Gasteiger partial charge in [-0.2, -0.15) is 5.10 Å². The molecule has 0 atom stereocenters. The van der Waals surface area contributed by atoms with E-state index in [0.717, 1.165) is 34.9 Å². The van der Waals surface area contributed by atoms with Gasteiger partial charge < -0.3 is 10.4 Å². The Morgan fingerprint density at radius 2 is 2.04 bits per heavy atom. The normalized spacial score (nSPS) is 13.8. The van der Waals surface area contributed by atoms with E-state index in [1.807, 2.05) is 24.3 Å². The van der Waals surface area contributed by atoms with Crippen LogP contribution in [-0.4, -0.2) is 27.2 Å². The Hall–Kier alpha value is -3.15. The Balaban J connectivity index is 1.63. The summed E-state index contributed by atoms with van der Waals surface area (Å²) in [6, 6.07) is 12.7. The second-order valence-electron chi connectivity index (χ2n) is 6.33. The highest BCUT2D eigenvalue weighted by Gasteiger charge is 2.29. The molecule has 1 aliphatic carbocycles. The molecule has 4 rings (SSSR count). The summed E-state index contributed by atoms with van der Waals surface area (Å²) in [4.78, 5) is 23.0. The minimum Gasteiger partial charge on any atom is -0.478 e. The molecule has 126 valence electrons. The number of rotatable bonds is 5. The van der Waals surface area contributed by atoms with Gasteiger partial charge >= 0.3 is 5.97 Å². The number of nitrogens with zero attached hydrogens (tertiary/aromatic N) is 1. The number of benzene rings is 2. The number of carboxylic acid groups (broad SMARTS) is 1. The van der Waals surface area contributed by atoms with Gasteiger partial charge in [-0.15, -0.1) is 0 Å². The number of hydrogen-bond acceptors (Lipinski definition) is 3. The first-order valence-electron chi connectivity index (χ1n) is 8.20. The van der Waals surface area contributed by atoms with Crippen molar-refractivity contribution in [2.24, 2.45) is 5.92 Å². The van der Waals surface area contributed by atoms with Gasteiger partial charge in [0.25, 0.3) is 0 Å². The fraction of sp³-hybridized carbons (Fsp3) is 0.211. The van der Waals surface area contributed by atoms with Crippen LogP contribution in [-0.2, 0) is 11.3 Å². The number of aromatic amines is 1. The van der Waals surface area contributed by atoms with E-state index in [9.17, 15) is 14.7 Å². The van der Waals surface area contributed by atoms with Crippen LogP contribution in [0.15, 0.2) is 42.5 Å². The molecule has 6 nitrogen and oxygen atoms in total. The monoisotopic (exact) mass is 335 g/mol. The van der Waals surface area contributed by atoms with Crippen molar-refractivity contribution in [1.82, 2.24) is 15.5 Å². The van der Waals surface area contributed by atoms with Gasteiger partial charge in [-0.25, -0.2) is 4.79 Å². The molecule has 1 fully saturated rings. The number of carboxylic acids is 1. The smallest absolute Gasteiger partial charge is 0.335 e. The SMILES string of the molecule is O=C(O)c1ccc2[nH]nc(-c3cccc(CNC(=O)C4CC4)c3)c2c1. The Morgan fingerprint density at radius 3 is 2.80 bits per heavy atom. The van der Waals surface area contributed by atoms with Crippen LogP contribution in [0.5, 0.6) is 0 Å². The second-order valence-corrected chi connectivity index (χ2v) is 6.33. The number of fused-ring (bicyclic) bond motifs is 1. The summed E-state index contributed by atoms with van der Waals surface area (Å²) in [5, 5.41) is 20.2. The molecule has 1 saturated carbocycles. The maximum Gasteiger partial charge on any atom is 0.335 e. The Kier molecular flexibility index (Phi) is 3.72. The Labute approximate surface area is 143 Å². The number of hydrogen-bond donors (Lipinski definition) is 3. The Bertz CT molecular complexity index is 973. The van der Waals surface area contributed by atoms with Crippen LogP contribution >= 0.6 is 0 Å². The van der Waals surface area contributed by atoms with Crippen LogP contribution in [0.3, 0.4) is 0 Å². The zero-order valence-electron chi connectivity index (χ0n) is 13.5. The quantitative estimate of drug-likeness (QED) is 0.668. The van der Waals surface area contributed by atoms with E-state index in [2.05, 4.69) is 15.5 Å². The van der Waals surface area contributed by atoms with Gasteiger partial charge in [0.15, 0.2) is 0 Å². The molecule has 0 spiro atoms. The van der Waals surface area contributed by atoms with E-state index in [1.165, 1.54) is 0 Å². The fourth-order valence-electron chi connectivity index (χ4n) is 2.87. The standard InChI is InChI=1S/C19H17N3O3/c23-18(12-4-5-12)20-10-11-2-1-3-13(8-11)17-15-9-14(19(24)25)6-7-16(15)21-22-17/h1-3,6-9,12H,4-5,10H2,(H,20,23)(H,21,22)(H,24,25). The molecule has 0 bridgehead atoms. The zero-order chi connectivity index (χ0) is 17.4. The van der Waals surface area contributed by atoms with Gasteiger partial charge in [-0.1, -0.05) is 18.2 Å². The number of nitrogens with one attached hydrogen (secondary N) is 2. The molecule has 1 aliphatic rings. The van der Waals surface area contributed by atoms with Crippen LogP contribution in [0.4, 0.5) is 0 Å². The largest absolute Gasteiger partial charge is 0.478 e. The third-order valence-electron chi connectivity index (χ3n) is 4.43. The van der Waals surface area contributed by atoms with Crippen molar-refractivity contribution in [1.29, 1.82) is 0 Å². The number of carbonyl (C=O) groups excluding carboxylic acids is 1. The Morgan fingerprint density at radius 1 is 1.20 bits per heavy atom. The number of aromatic nitrogens is 2. The molecule has 1 amide bonds. The van der Waals surface area contributed by atoms with Crippen LogP contribution in [0.1, 0.15) is 28.8 Å². The molecule has 0 aliphatic heterocycles. The molecule has 1 heterocycles. The van der Waals surface area contributed by atoms with Crippen LogP contribution in [0, 0.1) is 5.92 Å². The van der Waals surface area contributed by atoms with Gasteiger partial charge in [0.05, 0.1) is 16.8 Å². The molecule has 1 aromatic heterocycles. The molecule has 6 heteroatoms. The lowest BCUT2D eigenvalue weighted by atomic mass is 10.0. The highest BCUT2D eigenvalue weighted by Crippen LogP contribution is 2.29. The highest BCUT2D eigenvalue weighted by molar-refractivity contribution is 5.98. The van der Waals surface area contributed by atoms with Crippen molar-refractivity contribution in [3.63, 3.8) is 0 Å². The van der Waals surface area contributed by atoms with Crippen molar-refractivity contribution in [3.05, 3.63) is 53.6 Å². The zero-order valence-corrected chi connectivity index (χ0v) is 13.5. The molecule has 3 N–H and O–H groups in total. The van der Waals surface area contributed by atoms with Gasteiger partial charge in [-0.05, 0) is 42.7 Å². The summed E-state index contributed by atoms with van der Waals surface area (Å²) in [7, 11) is 0. The predicted molar refractivity (Wildman–Crippen MR) is 93.1 cm³/mol. The average Bonchev–Trinajstić information content (AvgIpc) is 3.39. The third-order valence-corrected chi connectivity index (χ3v) is 4.43. The summed E-state index contributed by atoms with van der Waals surface area (Å²) < 4.78 is 0. The van der Waals surface area contributed by atoms with Crippen molar-refractivity contribution in [2.45, 2.75) is 19.4 Å². The number of aromatic carboxylic acids is 1. The number of amides is 1.